The van der Waals surface area contributed by atoms with Crippen molar-refractivity contribution >= 4 is 46.6 Å². The number of aromatic nitrogens is 2. The molecule has 0 saturated carbocycles. The van der Waals surface area contributed by atoms with Gasteiger partial charge < -0.3 is 29.3 Å². The van der Waals surface area contributed by atoms with Crippen LogP contribution in [0.3, 0.4) is 0 Å². The van der Waals surface area contributed by atoms with E-state index in [4.69, 9.17) is 14.2 Å². The fourth-order valence-corrected chi connectivity index (χ4v) is 4.38. The third kappa shape index (κ3) is 6.27. The first-order chi connectivity index (χ1) is 15.1. The van der Waals surface area contributed by atoms with E-state index in [9.17, 15) is 0 Å². The van der Waals surface area contributed by atoms with Crippen molar-refractivity contribution in [2.24, 2.45) is 4.99 Å². The lowest BCUT2D eigenvalue weighted by atomic mass is 10.1. The minimum Gasteiger partial charge on any atom is -0.496 e. The first kappa shape index (κ1) is 26.2. The molecule has 0 unspecified atom stereocenters. The first-order valence-corrected chi connectivity index (χ1v) is 11.2. The predicted molar refractivity (Wildman–Crippen MR) is 140 cm³/mol. The summed E-state index contributed by atoms with van der Waals surface area (Å²) in [6.45, 7) is 6.36. The largest absolute Gasteiger partial charge is 0.496 e. The summed E-state index contributed by atoms with van der Waals surface area (Å²) in [4.78, 5) is 13.7. The second-order valence-corrected chi connectivity index (χ2v) is 7.79. The standard InChI is InChI=1S/C21H32N6O3S.HI/c1-6-19-24-21(31-25-19)27-11-9-26(10-12-27)20(22-2)23-8-7-16-17(29-4)13-15(28-3)14-18(16)30-5;/h13-14H,6-12H2,1-5H3,(H,22,23);1H. The molecule has 0 spiro atoms. The minimum absolute atomic E-state index is 0. The van der Waals surface area contributed by atoms with Gasteiger partial charge in [0.2, 0.25) is 5.13 Å². The van der Waals surface area contributed by atoms with Gasteiger partial charge in [0.15, 0.2) is 5.96 Å². The van der Waals surface area contributed by atoms with E-state index in [0.717, 1.165) is 73.0 Å². The molecule has 1 N–H and O–H groups in total. The van der Waals surface area contributed by atoms with Crippen molar-refractivity contribution in [3.8, 4) is 17.2 Å². The van der Waals surface area contributed by atoms with E-state index >= 15 is 0 Å². The van der Waals surface area contributed by atoms with E-state index in [1.165, 1.54) is 11.5 Å². The monoisotopic (exact) mass is 576 g/mol. The van der Waals surface area contributed by atoms with Crippen LogP contribution in [0.15, 0.2) is 17.1 Å². The Bertz CT molecular complexity index is 861. The lowest BCUT2D eigenvalue weighted by Gasteiger charge is -2.36. The number of aliphatic imine (C=N–C) groups is 1. The van der Waals surface area contributed by atoms with E-state index in [1.807, 2.05) is 19.2 Å². The van der Waals surface area contributed by atoms with Crippen molar-refractivity contribution < 1.29 is 14.2 Å². The molecule has 0 atom stereocenters. The van der Waals surface area contributed by atoms with Crippen molar-refractivity contribution in [2.45, 2.75) is 19.8 Å². The van der Waals surface area contributed by atoms with Gasteiger partial charge in [-0.25, -0.2) is 4.98 Å². The zero-order valence-electron chi connectivity index (χ0n) is 19.4. The molecule has 32 heavy (non-hydrogen) atoms. The summed E-state index contributed by atoms with van der Waals surface area (Å²) in [7, 11) is 6.77. The normalized spacial score (nSPS) is 14.1. The van der Waals surface area contributed by atoms with E-state index in [0.29, 0.717) is 12.3 Å². The SMILES string of the molecule is CCc1nsc(N2CCN(C(=NC)NCCc3c(OC)cc(OC)cc3OC)CC2)n1.I. The van der Waals surface area contributed by atoms with Gasteiger partial charge >= 0.3 is 0 Å². The van der Waals surface area contributed by atoms with Crippen molar-refractivity contribution in [3.05, 3.63) is 23.5 Å². The van der Waals surface area contributed by atoms with Gasteiger partial charge in [-0.1, -0.05) is 6.92 Å². The molecular formula is C21H33IN6O3S. The molecule has 1 fully saturated rings. The van der Waals surface area contributed by atoms with Crippen molar-refractivity contribution in [1.29, 1.82) is 0 Å². The third-order valence-electron chi connectivity index (χ3n) is 5.31. The third-order valence-corrected chi connectivity index (χ3v) is 6.13. The number of aryl methyl sites for hydroxylation is 1. The molecular weight excluding hydrogens is 543 g/mol. The maximum atomic E-state index is 5.55. The van der Waals surface area contributed by atoms with Crippen LogP contribution in [0.5, 0.6) is 17.2 Å². The number of piperazine rings is 1. The van der Waals surface area contributed by atoms with Gasteiger partial charge in [-0.15, -0.1) is 24.0 Å². The van der Waals surface area contributed by atoms with E-state index in [1.54, 1.807) is 21.3 Å². The number of methoxy groups -OCH3 is 3. The van der Waals surface area contributed by atoms with E-state index < -0.39 is 0 Å². The molecule has 9 nitrogen and oxygen atoms in total. The number of nitrogens with zero attached hydrogens (tertiary/aromatic N) is 5. The van der Waals surface area contributed by atoms with Gasteiger partial charge in [0, 0.05) is 75.4 Å². The highest BCUT2D eigenvalue weighted by atomic mass is 127. The number of benzene rings is 1. The summed E-state index contributed by atoms with van der Waals surface area (Å²) < 4.78 is 20.8. The van der Waals surface area contributed by atoms with Gasteiger partial charge in [-0.05, 0) is 6.42 Å². The van der Waals surface area contributed by atoms with Gasteiger partial charge in [-0.3, -0.25) is 4.99 Å². The zero-order valence-corrected chi connectivity index (χ0v) is 22.5. The average Bonchev–Trinajstić information content (AvgIpc) is 3.31. The first-order valence-electron chi connectivity index (χ1n) is 10.5. The number of anilines is 1. The molecule has 1 aliphatic heterocycles. The summed E-state index contributed by atoms with van der Waals surface area (Å²) in [6.07, 6.45) is 1.61. The van der Waals surface area contributed by atoms with Gasteiger partial charge in [0.1, 0.15) is 23.1 Å². The molecule has 3 rings (SSSR count). The summed E-state index contributed by atoms with van der Waals surface area (Å²) in [5, 5.41) is 4.49. The number of hydrogen-bond donors (Lipinski definition) is 1. The summed E-state index contributed by atoms with van der Waals surface area (Å²) in [5.41, 5.74) is 1.00. The van der Waals surface area contributed by atoms with Crippen molar-refractivity contribution in [2.75, 3.05) is 66.0 Å². The molecule has 178 valence electrons. The average molecular weight is 577 g/mol. The molecule has 1 aromatic heterocycles. The molecule has 11 heteroatoms. The van der Waals surface area contributed by atoms with Gasteiger partial charge in [0.25, 0.3) is 0 Å². The maximum Gasteiger partial charge on any atom is 0.205 e. The zero-order chi connectivity index (χ0) is 22.2. The summed E-state index contributed by atoms with van der Waals surface area (Å²) in [6, 6.07) is 3.76. The number of ether oxygens (including phenoxy) is 3. The second-order valence-electron chi connectivity index (χ2n) is 7.06. The number of halogens is 1. The Balaban J connectivity index is 0.00000363. The summed E-state index contributed by atoms with van der Waals surface area (Å²) >= 11 is 1.48. The van der Waals surface area contributed by atoms with Crippen LogP contribution in [0.4, 0.5) is 5.13 Å². The van der Waals surface area contributed by atoms with Crippen LogP contribution in [-0.4, -0.2) is 81.3 Å². The Labute approximate surface area is 211 Å². The minimum atomic E-state index is 0. The second kappa shape index (κ2) is 12.9. The molecule has 0 aliphatic carbocycles. The van der Waals surface area contributed by atoms with Crippen LogP contribution >= 0.6 is 35.5 Å². The smallest absolute Gasteiger partial charge is 0.205 e. The lowest BCUT2D eigenvalue weighted by Crippen LogP contribution is -2.52. The fourth-order valence-electron chi connectivity index (χ4n) is 3.58. The van der Waals surface area contributed by atoms with E-state index in [-0.39, 0.29) is 24.0 Å². The Morgan fingerprint density at radius 3 is 2.25 bits per heavy atom. The van der Waals surface area contributed by atoms with Crippen LogP contribution in [0, 0.1) is 0 Å². The molecule has 0 radical (unpaired) electrons. The Kier molecular flexibility index (Phi) is 10.6. The molecule has 1 saturated heterocycles. The maximum absolute atomic E-state index is 5.55. The number of rotatable bonds is 8. The molecule has 1 aliphatic rings. The molecule has 0 bridgehead atoms. The Hall–Kier alpha value is -2.02. The van der Waals surface area contributed by atoms with Crippen molar-refractivity contribution in [3.63, 3.8) is 0 Å². The van der Waals surface area contributed by atoms with Crippen LogP contribution < -0.4 is 24.4 Å². The summed E-state index contributed by atoms with van der Waals surface area (Å²) in [5.74, 6) is 4.04. The Morgan fingerprint density at radius 2 is 1.75 bits per heavy atom. The van der Waals surface area contributed by atoms with Gasteiger partial charge in [-0.2, -0.15) is 4.37 Å². The predicted octanol–water partition coefficient (Wildman–Crippen LogP) is 2.68. The van der Waals surface area contributed by atoms with Crippen LogP contribution in [-0.2, 0) is 12.8 Å². The van der Waals surface area contributed by atoms with Crippen LogP contribution in [0.25, 0.3) is 0 Å². The van der Waals surface area contributed by atoms with Crippen molar-refractivity contribution in [1.82, 2.24) is 19.6 Å². The molecule has 0 amide bonds. The lowest BCUT2D eigenvalue weighted by molar-refractivity contribution is 0.365. The molecule has 2 aromatic rings. The number of guanidine groups is 1. The molecule has 2 heterocycles. The van der Waals surface area contributed by atoms with Crippen LogP contribution in [0.2, 0.25) is 0 Å². The van der Waals surface area contributed by atoms with Gasteiger partial charge in [0.05, 0.1) is 21.3 Å². The number of hydrogen-bond acceptors (Lipinski definition) is 8. The quantitative estimate of drug-likeness (QED) is 0.292. The highest BCUT2D eigenvalue weighted by Gasteiger charge is 2.22. The van der Waals surface area contributed by atoms with E-state index in [2.05, 4.69) is 36.4 Å². The Morgan fingerprint density at radius 1 is 1.09 bits per heavy atom. The fraction of sp³-hybridized carbons (Fsp3) is 0.571. The number of nitrogens with one attached hydrogen (secondary N) is 1. The van der Waals surface area contributed by atoms with Crippen LogP contribution in [0.1, 0.15) is 18.3 Å². The topological polar surface area (TPSA) is 84.3 Å². The highest BCUT2D eigenvalue weighted by Crippen LogP contribution is 2.34. The highest BCUT2D eigenvalue weighted by molar-refractivity contribution is 14.0. The molecule has 1 aromatic carbocycles.